The van der Waals surface area contributed by atoms with Crippen molar-refractivity contribution in [3.63, 3.8) is 0 Å². The van der Waals surface area contributed by atoms with Gasteiger partial charge in [-0.3, -0.25) is 4.21 Å². The third-order valence-corrected chi connectivity index (χ3v) is 3.70. The summed E-state index contributed by atoms with van der Waals surface area (Å²) in [5.74, 6) is 1.16. The summed E-state index contributed by atoms with van der Waals surface area (Å²) in [4.78, 5) is 0. The van der Waals surface area contributed by atoms with Crippen LogP contribution in [-0.2, 0) is 10.8 Å². The summed E-state index contributed by atoms with van der Waals surface area (Å²) in [5, 5.41) is 12.6. The molecule has 0 aliphatic carbocycles. The summed E-state index contributed by atoms with van der Waals surface area (Å²) in [5.41, 5.74) is 0. The van der Waals surface area contributed by atoms with Crippen LogP contribution in [0.4, 0.5) is 0 Å². The molecule has 0 rings (SSSR count). The Labute approximate surface area is 110 Å². The monoisotopic (exact) mass is 282 g/mol. The second-order valence-electron chi connectivity index (χ2n) is 2.86. The van der Waals surface area contributed by atoms with Crippen LogP contribution in [0.5, 0.6) is 0 Å². The highest BCUT2D eigenvalue weighted by Gasteiger charge is 2.00. The van der Waals surface area contributed by atoms with Crippen LogP contribution in [0, 0.1) is 0 Å². The Bertz CT molecular complexity index is 236. The van der Waals surface area contributed by atoms with Gasteiger partial charge in [0.2, 0.25) is 0 Å². The van der Waals surface area contributed by atoms with Crippen molar-refractivity contribution in [3.8, 4) is 0 Å². The molecule has 16 heavy (non-hydrogen) atoms. The molecule has 0 aromatic rings. The summed E-state index contributed by atoms with van der Waals surface area (Å²) in [6.45, 7) is 1.23. The number of rotatable bonds is 6. The van der Waals surface area contributed by atoms with Crippen LogP contribution in [0.25, 0.3) is 0 Å². The molecule has 4 N–H and O–H groups in total. The van der Waals surface area contributed by atoms with E-state index in [0.29, 0.717) is 34.8 Å². The van der Waals surface area contributed by atoms with Crippen LogP contribution in [-0.4, -0.2) is 53.1 Å². The van der Waals surface area contributed by atoms with Crippen molar-refractivity contribution < 1.29 is 4.21 Å². The van der Waals surface area contributed by atoms with Crippen LogP contribution in [0.2, 0.25) is 0 Å². The zero-order valence-corrected chi connectivity index (χ0v) is 11.9. The molecular formula is C8H18N4OS3. The van der Waals surface area contributed by atoms with E-state index in [1.165, 1.54) is 0 Å². The van der Waals surface area contributed by atoms with E-state index in [1.54, 1.807) is 14.1 Å². The minimum atomic E-state index is -0.857. The summed E-state index contributed by atoms with van der Waals surface area (Å²) >= 11 is 9.77. The Balaban J connectivity index is 3.45. The van der Waals surface area contributed by atoms with Gasteiger partial charge in [0.15, 0.2) is 10.2 Å². The van der Waals surface area contributed by atoms with Crippen LogP contribution < -0.4 is 21.3 Å². The number of nitrogens with one attached hydrogen (secondary N) is 4. The lowest BCUT2D eigenvalue weighted by atomic mass is 10.7. The highest BCUT2D eigenvalue weighted by molar-refractivity contribution is 7.85. The standard InChI is InChI=1S/C8H18N4OS3/c1-9-7(14)11-3-5-16(13)6-4-12-8(15)10-2/h3-6H2,1-2H3,(H2,9,11,14)(H2,10,12,15). The fourth-order valence-corrected chi connectivity index (χ4v) is 1.90. The smallest absolute Gasteiger partial charge is 0.166 e. The van der Waals surface area contributed by atoms with Gasteiger partial charge in [0.25, 0.3) is 0 Å². The van der Waals surface area contributed by atoms with Gasteiger partial charge in [-0.1, -0.05) is 0 Å². The molecule has 0 radical (unpaired) electrons. The molecule has 0 amide bonds. The van der Waals surface area contributed by atoms with E-state index in [4.69, 9.17) is 24.4 Å². The summed E-state index contributed by atoms with van der Waals surface area (Å²) in [6.07, 6.45) is 0. The Morgan fingerprint density at radius 2 is 1.38 bits per heavy atom. The quantitative estimate of drug-likeness (QED) is 0.462. The van der Waals surface area contributed by atoms with E-state index < -0.39 is 10.8 Å². The van der Waals surface area contributed by atoms with Crippen LogP contribution in [0.3, 0.4) is 0 Å². The molecule has 0 fully saturated rings. The Morgan fingerprint density at radius 3 is 1.69 bits per heavy atom. The molecule has 0 unspecified atom stereocenters. The van der Waals surface area contributed by atoms with Gasteiger partial charge in [0.1, 0.15) is 0 Å². The maximum atomic E-state index is 11.5. The fraction of sp³-hybridized carbons (Fsp3) is 0.750. The molecule has 0 aliphatic heterocycles. The molecule has 0 atom stereocenters. The van der Waals surface area contributed by atoms with Gasteiger partial charge in [-0.05, 0) is 24.4 Å². The second kappa shape index (κ2) is 9.73. The third kappa shape index (κ3) is 8.81. The van der Waals surface area contributed by atoms with Crippen molar-refractivity contribution in [1.29, 1.82) is 0 Å². The predicted octanol–water partition coefficient (Wildman–Crippen LogP) is -1.08. The SMILES string of the molecule is CNC(=S)NCCS(=O)CCNC(=S)NC. The predicted molar refractivity (Wildman–Crippen MR) is 77.2 cm³/mol. The molecule has 0 spiro atoms. The number of thiocarbonyl (C=S) groups is 2. The average molecular weight is 282 g/mol. The van der Waals surface area contributed by atoms with Gasteiger partial charge in [-0.2, -0.15) is 0 Å². The normalized spacial score (nSPS) is 9.69. The van der Waals surface area contributed by atoms with E-state index in [-0.39, 0.29) is 0 Å². The van der Waals surface area contributed by atoms with Gasteiger partial charge in [-0.25, -0.2) is 0 Å². The lowest BCUT2D eigenvalue weighted by Gasteiger charge is -2.08. The first-order valence-corrected chi connectivity index (χ1v) is 7.16. The molecule has 0 aromatic carbocycles. The van der Waals surface area contributed by atoms with Crippen LogP contribution in [0.1, 0.15) is 0 Å². The van der Waals surface area contributed by atoms with Gasteiger partial charge >= 0.3 is 0 Å². The first-order valence-electron chi connectivity index (χ1n) is 4.86. The Kier molecular flexibility index (Phi) is 9.45. The third-order valence-electron chi connectivity index (χ3n) is 1.68. The summed E-state index contributed by atoms with van der Waals surface area (Å²) in [7, 11) is 2.63. The maximum Gasteiger partial charge on any atom is 0.166 e. The zero-order chi connectivity index (χ0) is 12.4. The van der Waals surface area contributed by atoms with Crippen molar-refractivity contribution >= 4 is 45.5 Å². The zero-order valence-electron chi connectivity index (χ0n) is 9.46. The molecule has 0 bridgehead atoms. The topological polar surface area (TPSA) is 65.2 Å². The van der Waals surface area contributed by atoms with Crippen molar-refractivity contribution in [2.45, 2.75) is 0 Å². The van der Waals surface area contributed by atoms with Crippen LogP contribution >= 0.6 is 24.4 Å². The lowest BCUT2D eigenvalue weighted by molar-refractivity contribution is 0.680. The van der Waals surface area contributed by atoms with Gasteiger partial charge in [0.05, 0.1) is 0 Å². The molecule has 0 heterocycles. The van der Waals surface area contributed by atoms with E-state index in [1.807, 2.05) is 0 Å². The van der Waals surface area contributed by atoms with Crippen LogP contribution in [0.15, 0.2) is 0 Å². The second-order valence-corrected chi connectivity index (χ2v) is 5.37. The maximum absolute atomic E-state index is 11.5. The minimum Gasteiger partial charge on any atom is -0.366 e. The van der Waals surface area contributed by atoms with Crippen molar-refractivity contribution in [3.05, 3.63) is 0 Å². The first-order chi connectivity index (χ1) is 7.60. The molecule has 0 aromatic heterocycles. The molecule has 94 valence electrons. The summed E-state index contributed by atoms with van der Waals surface area (Å²) < 4.78 is 11.5. The molecule has 0 saturated heterocycles. The van der Waals surface area contributed by atoms with Gasteiger partial charge in [0, 0.05) is 49.5 Å². The van der Waals surface area contributed by atoms with Crippen molar-refractivity contribution in [1.82, 2.24) is 21.3 Å². The fourth-order valence-electron chi connectivity index (χ4n) is 0.836. The molecule has 0 saturated carbocycles. The van der Waals surface area contributed by atoms with Gasteiger partial charge in [-0.15, -0.1) is 0 Å². The Morgan fingerprint density at radius 1 is 1.00 bits per heavy atom. The van der Waals surface area contributed by atoms with E-state index >= 15 is 0 Å². The van der Waals surface area contributed by atoms with Gasteiger partial charge < -0.3 is 21.3 Å². The largest absolute Gasteiger partial charge is 0.366 e. The molecule has 0 aliphatic rings. The number of hydrogen-bond acceptors (Lipinski definition) is 3. The average Bonchev–Trinajstić information content (AvgIpc) is 2.28. The Hall–Kier alpha value is -0.470. The summed E-state index contributed by atoms with van der Waals surface area (Å²) in [6, 6.07) is 0. The molecule has 8 heteroatoms. The highest BCUT2D eigenvalue weighted by atomic mass is 32.2. The highest BCUT2D eigenvalue weighted by Crippen LogP contribution is 1.80. The van der Waals surface area contributed by atoms with E-state index in [2.05, 4.69) is 21.3 Å². The molecule has 5 nitrogen and oxygen atoms in total. The van der Waals surface area contributed by atoms with Crippen molar-refractivity contribution in [2.24, 2.45) is 0 Å². The van der Waals surface area contributed by atoms with Crippen molar-refractivity contribution in [2.75, 3.05) is 38.7 Å². The number of hydrogen-bond donors (Lipinski definition) is 4. The minimum absolute atomic E-state index is 0.575. The lowest BCUT2D eigenvalue weighted by Crippen LogP contribution is -2.37. The first kappa shape index (κ1) is 15.5. The van der Waals surface area contributed by atoms with E-state index in [9.17, 15) is 4.21 Å². The van der Waals surface area contributed by atoms with E-state index in [0.717, 1.165) is 0 Å². The molecular weight excluding hydrogens is 264 g/mol.